The number of aromatic hydroxyl groups is 1. The molecule has 1 N–H and O–H groups in total. The van der Waals surface area contributed by atoms with Crippen LogP contribution in [0, 0.1) is 6.92 Å². The molecule has 0 amide bonds. The van der Waals surface area contributed by atoms with Crippen molar-refractivity contribution in [3.63, 3.8) is 0 Å². The van der Waals surface area contributed by atoms with Gasteiger partial charge in [0.1, 0.15) is 0 Å². The Kier molecular flexibility index (Phi) is 3.40. The molecule has 2 rings (SSSR count). The lowest BCUT2D eigenvalue weighted by atomic mass is 10.0. The average Bonchev–Trinajstić information content (AvgIpc) is 2.67. The number of benzene rings is 1. The summed E-state index contributed by atoms with van der Waals surface area (Å²) in [7, 11) is 0. The summed E-state index contributed by atoms with van der Waals surface area (Å²) in [5.74, 6) is 0.283. The van der Waals surface area contributed by atoms with Crippen LogP contribution in [0.4, 0.5) is 0 Å². The van der Waals surface area contributed by atoms with Crippen molar-refractivity contribution in [3.8, 4) is 17.1 Å². The molecule has 0 saturated carbocycles. The van der Waals surface area contributed by atoms with Crippen LogP contribution in [-0.4, -0.2) is 14.9 Å². The Balaban J connectivity index is 2.60. The molecule has 1 aromatic carbocycles. The lowest BCUT2D eigenvalue weighted by Gasteiger charge is -2.20. The SMILES string of the molecule is CCc1c(-c2ccc(C)cc2)nn(C(C)(C)C)c1O. The van der Waals surface area contributed by atoms with Gasteiger partial charge >= 0.3 is 0 Å². The lowest BCUT2D eigenvalue weighted by molar-refractivity contribution is 0.293. The van der Waals surface area contributed by atoms with E-state index in [-0.39, 0.29) is 11.4 Å². The molecule has 0 radical (unpaired) electrons. The summed E-state index contributed by atoms with van der Waals surface area (Å²) < 4.78 is 1.71. The quantitative estimate of drug-likeness (QED) is 0.887. The van der Waals surface area contributed by atoms with Gasteiger partial charge < -0.3 is 5.11 Å². The maximum absolute atomic E-state index is 10.4. The van der Waals surface area contributed by atoms with E-state index in [1.807, 2.05) is 27.7 Å². The van der Waals surface area contributed by atoms with Gasteiger partial charge in [-0.15, -0.1) is 0 Å². The van der Waals surface area contributed by atoms with Crippen LogP contribution in [0.15, 0.2) is 24.3 Å². The maximum atomic E-state index is 10.4. The summed E-state index contributed by atoms with van der Waals surface area (Å²) in [4.78, 5) is 0. The molecule has 0 saturated heterocycles. The largest absolute Gasteiger partial charge is 0.493 e. The van der Waals surface area contributed by atoms with Gasteiger partial charge in [-0.25, -0.2) is 4.68 Å². The standard InChI is InChI=1S/C16H22N2O/c1-6-13-14(12-9-7-11(2)8-10-12)17-18(15(13)19)16(3,4)5/h7-10,19H,6H2,1-5H3. The van der Waals surface area contributed by atoms with Crippen LogP contribution in [0.25, 0.3) is 11.3 Å². The van der Waals surface area contributed by atoms with Crippen molar-refractivity contribution in [2.75, 3.05) is 0 Å². The Bertz CT molecular complexity index is 574. The van der Waals surface area contributed by atoms with E-state index in [4.69, 9.17) is 0 Å². The second-order valence-electron chi connectivity index (χ2n) is 5.95. The van der Waals surface area contributed by atoms with E-state index in [2.05, 4.69) is 36.3 Å². The van der Waals surface area contributed by atoms with E-state index in [1.54, 1.807) is 4.68 Å². The fourth-order valence-electron chi connectivity index (χ4n) is 2.18. The number of rotatable bonds is 2. The monoisotopic (exact) mass is 258 g/mol. The Morgan fingerprint density at radius 1 is 1.16 bits per heavy atom. The maximum Gasteiger partial charge on any atom is 0.213 e. The first-order valence-corrected chi connectivity index (χ1v) is 6.73. The first-order valence-electron chi connectivity index (χ1n) is 6.73. The molecule has 0 spiro atoms. The number of hydrogen-bond acceptors (Lipinski definition) is 2. The molecule has 0 bridgehead atoms. The minimum Gasteiger partial charge on any atom is -0.493 e. The normalized spacial score (nSPS) is 11.8. The van der Waals surface area contributed by atoms with Crippen LogP contribution in [0.5, 0.6) is 5.88 Å². The molecule has 19 heavy (non-hydrogen) atoms. The Morgan fingerprint density at radius 3 is 2.21 bits per heavy atom. The predicted octanol–water partition coefficient (Wildman–Crippen LogP) is 3.88. The van der Waals surface area contributed by atoms with Gasteiger partial charge in [0.05, 0.1) is 11.2 Å². The highest BCUT2D eigenvalue weighted by Crippen LogP contribution is 2.33. The van der Waals surface area contributed by atoms with Gasteiger partial charge in [-0.1, -0.05) is 36.8 Å². The summed E-state index contributed by atoms with van der Waals surface area (Å²) in [5, 5.41) is 15.0. The van der Waals surface area contributed by atoms with Crippen molar-refractivity contribution < 1.29 is 5.11 Å². The van der Waals surface area contributed by atoms with E-state index in [0.29, 0.717) is 0 Å². The summed E-state index contributed by atoms with van der Waals surface area (Å²) in [6, 6.07) is 8.26. The first-order chi connectivity index (χ1) is 8.84. The molecule has 102 valence electrons. The van der Waals surface area contributed by atoms with Crippen molar-refractivity contribution in [2.24, 2.45) is 0 Å². The number of aryl methyl sites for hydroxylation is 1. The summed E-state index contributed by atoms with van der Waals surface area (Å²) in [6.45, 7) is 10.2. The first kappa shape index (κ1) is 13.7. The van der Waals surface area contributed by atoms with Crippen LogP contribution in [-0.2, 0) is 12.0 Å². The van der Waals surface area contributed by atoms with Crippen molar-refractivity contribution in [2.45, 2.75) is 46.6 Å². The van der Waals surface area contributed by atoms with Crippen LogP contribution in [0.3, 0.4) is 0 Å². The Hall–Kier alpha value is -1.77. The van der Waals surface area contributed by atoms with Gasteiger partial charge in [0.2, 0.25) is 5.88 Å². The van der Waals surface area contributed by atoms with E-state index in [1.165, 1.54) is 5.56 Å². The summed E-state index contributed by atoms with van der Waals surface area (Å²) in [6.07, 6.45) is 0.769. The zero-order valence-corrected chi connectivity index (χ0v) is 12.4. The Labute approximate surface area is 114 Å². The lowest BCUT2D eigenvalue weighted by Crippen LogP contribution is -2.22. The molecule has 0 aliphatic rings. The minimum absolute atomic E-state index is 0.225. The smallest absolute Gasteiger partial charge is 0.213 e. The van der Waals surface area contributed by atoms with Gasteiger partial charge in [0.15, 0.2) is 0 Å². The van der Waals surface area contributed by atoms with Crippen LogP contribution in [0.1, 0.15) is 38.8 Å². The number of aromatic nitrogens is 2. The second-order valence-corrected chi connectivity index (χ2v) is 5.95. The van der Waals surface area contributed by atoms with Gasteiger partial charge in [0, 0.05) is 11.1 Å². The summed E-state index contributed by atoms with van der Waals surface area (Å²) in [5.41, 5.74) is 3.85. The zero-order valence-electron chi connectivity index (χ0n) is 12.4. The highest BCUT2D eigenvalue weighted by molar-refractivity contribution is 5.65. The number of nitrogens with zero attached hydrogens (tertiary/aromatic N) is 2. The fraction of sp³-hybridized carbons (Fsp3) is 0.438. The van der Waals surface area contributed by atoms with Gasteiger partial charge in [-0.05, 0) is 34.1 Å². The molecule has 3 nitrogen and oxygen atoms in total. The van der Waals surface area contributed by atoms with Crippen LogP contribution in [0.2, 0.25) is 0 Å². The third-order valence-electron chi connectivity index (χ3n) is 3.27. The van der Waals surface area contributed by atoms with Gasteiger partial charge in [-0.3, -0.25) is 0 Å². The molecule has 0 atom stereocenters. The van der Waals surface area contributed by atoms with E-state index >= 15 is 0 Å². The van der Waals surface area contributed by atoms with Crippen molar-refractivity contribution in [1.82, 2.24) is 9.78 Å². The van der Waals surface area contributed by atoms with E-state index < -0.39 is 0 Å². The van der Waals surface area contributed by atoms with Crippen molar-refractivity contribution in [3.05, 3.63) is 35.4 Å². The van der Waals surface area contributed by atoms with Crippen LogP contribution < -0.4 is 0 Å². The second kappa shape index (κ2) is 4.72. The predicted molar refractivity (Wildman–Crippen MR) is 78.4 cm³/mol. The average molecular weight is 258 g/mol. The van der Waals surface area contributed by atoms with Gasteiger partial charge in [0.25, 0.3) is 0 Å². The molecule has 3 heteroatoms. The van der Waals surface area contributed by atoms with Crippen LogP contribution >= 0.6 is 0 Å². The third kappa shape index (κ3) is 2.50. The zero-order chi connectivity index (χ0) is 14.2. The Morgan fingerprint density at radius 2 is 1.74 bits per heavy atom. The third-order valence-corrected chi connectivity index (χ3v) is 3.27. The molecule has 0 unspecified atom stereocenters. The summed E-state index contributed by atoms with van der Waals surface area (Å²) >= 11 is 0. The molecule has 1 heterocycles. The minimum atomic E-state index is -0.225. The molecule has 0 aliphatic carbocycles. The van der Waals surface area contributed by atoms with E-state index in [9.17, 15) is 5.11 Å². The topological polar surface area (TPSA) is 38.0 Å². The molecular weight excluding hydrogens is 236 g/mol. The molecule has 1 aromatic heterocycles. The number of hydrogen-bond donors (Lipinski definition) is 1. The van der Waals surface area contributed by atoms with Gasteiger partial charge in [-0.2, -0.15) is 5.10 Å². The van der Waals surface area contributed by atoms with E-state index in [0.717, 1.165) is 23.2 Å². The molecule has 2 aromatic rings. The molecule has 0 aliphatic heterocycles. The highest BCUT2D eigenvalue weighted by atomic mass is 16.3. The fourth-order valence-corrected chi connectivity index (χ4v) is 2.18. The highest BCUT2D eigenvalue weighted by Gasteiger charge is 2.24. The van der Waals surface area contributed by atoms with Crippen molar-refractivity contribution >= 4 is 0 Å². The van der Waals surface area contributed by atoms with Crippen molar-refractivity contribution in [1.29, 1.82) is 0 Å². The molecular formula is C16H22N2O. The molecule has 0 fully saturated rings.